The Balaban J connectivity index is 1.61. The maximum atomic E-state index is 3.82. The second kappa shape index (κ2) is 6.19. The topological polar surface area (TPSA) is 15.3 Å². The molecule has 0 aromatic heterocycles. The van der Waals surface area contributed by atoms with E-state index in [4.69, 9.17) is 0 Å². The van der Waals surface area contributed by atoms with E-state index in [1.165, 1.54) is 51.7 Å². The van der Waals surface area contributed by atoms with E-state index in [0.717, 1.165) is 23.8 Å². The second-order valence-electron chi connectivity index (χ2n) is 6.68. The molecule has 0 aromatic rings. The van der Waals surface area contributed by atoms with Crippen LogP contribution < -0.4 is 5.32 Å². The van der Waals surface area contributed by atoms with E-state index < -0.39 is 0 Å². The molecule has 2 fully saturated rings. The summed E-state index contributed by atoms with van der Waals surface area (Å²) in [7, 11) is 2.24. The second-order valence-corrected chi connectivity index (χ2v) is 6.68. The van der Waals surface area contributed by atoms with Crippen LogP contribution in [0.2, 0.25) is 0 Å². The molecular formula is C15H30N2. The summed E-state index contributed by atoms with van der Waals surface area (Å²) in [6, 6.07) is 0.816. The normalized spacial score (nSPS) is 35.6. The number of hydrogen-bond acceptors (Lipinski definition) is 2. The monoisotopic (exact) mass is 238 g/mol. The maximum absolute atomic E-state index is 3.82. The van der Waals surface area contributed by atoms with Crippen molar-refractivity contribution in [1.29, 1.82) is 0 Å². The van der Waals surface area contributed by atoms with Gasteiger partial charge in [-0.3, -0.25) is 0 Å². The molecule has 0 radical (unpaired) electrons. The lowest BCUT2D eigenvalue weighted by atomic mass is 9.79. The predicted molar refractivity (Wildman–Crippen MR) is 74.2 cm³/mol. The average Bonchev–Trinajstić information content (AvgIpc) is 2.73. The quantitative estimate of drug-likeness (QED) is 0.810. The standard InChI is InChI=1S/C15H30N2/c1-12(2)14-4-6-15(7-5-14)16-10-13-8-9-17(3)11-13/h12-16H,4-11H2,1-3H3. The van der Waals surface area contributed by atoms with E-state index in [9.17, 15) is 0 Å². The van der Waals surface area contributed by atoms with E-state index in [0.29, 0.717) is 0 Å². The fourth-order valence-electron chi connectivity index (χ4n) is 3.52. The SMILES string of the molecule is CC(C)C1CCC(NCC2CCN(C)C2)CC1. The molecule has 2 heteroatoms. The van der Waals surface area contributed by atoms with Gasteiger partial charge in [-0.25, -0.2) is 0 Å². The molecule has 2 aliphatic rings. The van der Waals surface area contributed by atoms with Crippen LogP contribution in [-0.2, 0) is 0 Å². The Morgan fingerprint density at radius 3 is 2.35 bits per heavy atom. The minimum absolute atomic E-state index is 0.816. The van der Waals surface area contributed by atoms with Crippen LogP contribution in [0.25, 0.3) is 0 Å². The van der Waals surface area contributed by atoms with E-state index >= 15 is 0 Å². The van der Waals surface area contributed by atoms with E-state index in [1.54, 1.807) is 0 Å². The lowest BCUT2D eigenvalue weighted by Gasteiger charge is -2.32. The fourth-order valence-corrected chi connectivity index (χ4v) is 3.52. The summed E-state index contributed by atoms with van der Waals surface area (Å²) < 4.78 is 0. The third-order valence-corrected chi connectivity index (χ3v) is 4.90. The molecular weight excluding hydrogens is 208 g/mol. The van der Waals surface area contributed by atoms with Crippen LogP contribution in [0.1, 0.15) is 46.0 Å². The Morgan fingerprint density at radius 2 is 1.82 bits per heavy atom. The summed E-state index contributed by atoms with van der Waals surface area (Å²) in [5.74, 6) is 2.79. The summed E-state index contributed by atoms with van der Waals surface area (Å²) in [5.41, 5.74) is 0. The van der Waals surface area contributed by atoms with Gasteiger partial charge in [0.15, 0.2) is 0 Å². The Labute approximate surface area is 107 Å². The van der Waals surface area contributed by atoms with Gasteiger partial charge >= 0.3 is 0 Å². The van der Waals surface area contributed by atoms with Crippen molar-refractivity contribution in [3.63, 3.8) is 0 Å². The summed E-state index contributed by atoms with van der Waals surface area (Å²) >= 11 is 0. The summed E-state index contributed by atoms with van der Waals surface area (Å²) in [6.45, 7) is 8.61. The Hall–Kier alpha value is -0.0800. The van der Waals surface area contributed by atoms with Crippen molar-refractivity contribution in [1.82, 2.24) is 10.2 Å². The highest BCUT2D eigenvalue weighted by Gasteiger charge is 2.24. The molecule has 100 valence electrons. The van der Waals surface area contributed by atoms with Crippen molar-refractivity contribution in [2.24, 2.45) is 17.8 Å². The first-order chi connectivity index (χ1) is 8.15. The van der Waals surface area contributed by atoms with Crippen LogP contribution in [-0.4, -0.2) is 37.6 Å². The highest BCUT2D eigenvalue weighted by atomic mass is 15.1. The highest BCUT2D eigenvalue weighted by Crippen LogP contribution is 2.30. The Bertz CT molecular complexity index is 219. The largest absolute Gasteiger partial charge is 0.314 e. The van der Waals surface area contributed by atoms with Gasteiger partial charge in [0.25, 0.3) is 0 Å². The predicted octanol–water partition coefficient (Wildman–Crippen LogP) is 2.74. The third kappa shape index (κ3) is 3.96. The zero-order chi connectivity index (χ0) is 12.3. The molecule has 2 rings (SSSR count). The van der Waals surface area contributed by atoms with Crippen LogP contribution in [0.5, 0.6) is 0 Å². The van der Waals surface area contributed by atoms with Gasteiger partial charge in [-0.2, -0.15) is 0 Å². The molecule has 0 bridgehead atoms. The van der Waals surface area contributed by atoms with Crippen LogP contribution in [0.15, 0.2) is 0 Å². The summed E-state index contributed by atoms with van der Waals surface area (Å²) in [5, 5.41) is 3.82. The molecule has 0 amide bonds. The minimum atomic E-state index is 0.816. The number of rotatable bonds is 4. The Kier molecular flexibility index (Phi) is 4.87. The molecule has 1 saturated heterocycles. The minimum Gasteiger partial charge on any atom is -0.314 e. The first kappa shape index (κ1) is 13.4. The van der Waals surface area contributed by atoms with Crippen molar-refractivity contribution in [2.45, 2.75) is 52.0 Å². The van der Waals surface area contributed by atoms with Crippen molar-refractivity contribution in [2.75, 3.05) is 26.7 Å². The molecule has 1 unspecified atom stereocenters. The maximum Gasteiger partial charge on any atom is 0.00673 e. The molecule has 1 aliphatic heterocycles. The molecule has 1 saturated carbocycles. The lowest BCUT2D eigenvalue weighted by Crippen LogP contribution is -2.37. The van der Waals surface area contributed by atoms with Gasteiger partial charge in [0.1, 0.15) is 0 Å². The molecule has 1 atom stereocenters. The lowest BCUT2D eigenvalue weighted by molar-refractivity contribution is 0.233. The molecule has 2 nitrogen and oxygen atoms in total. The number of hydrogen-bond donors (Lipinski definition) is 1. The molecule has 17 heavy (non-hydrogen) atoms. The van der Waals surface area contributed by atoms with Crippen LogP contribution >= 0.6 is 0 Å². The van der Waals surface area contributed by atoms with Gasteiger partial charge in [-0.05, 0) is 70.0 Å². The number of likely N-dealkylation sites (tertiary alicyclic amines) is 1. The zero-order valence-electron chi connectivity index (χ0n) is 11.9. The van der Waals surface area contributed by atoms with Crippen molar-refractivity contribution < 1.29 is 0 Å². The molecule has 1 N–H and O–H groups in total. The van der Waals surface area contributed by atoms with E-state index in [2.05, 4.69) is 31.1 Å². The van der Waals surface area contributed by atoms with Gasteiger partial charge in [0.05, 0.1) is 0 Å². The number of nitrogens with one attached hydrogen (secondary N) is 1. The fraction of sp³-hybridized carbons (Fsp3) is 1.00. The van der Waals surface area contributed by atoms with Crippen molar-refractivity contribution in [3.8, 4) is 0 Å². The first-order valence-corrected chi connectivity index (χ1v) is 7.57. The average molecular weight is 238 g/mol. The molecule has 0 spiro atoms. The summed E-state index contributed by atoms with van der Waals surface area (Å²) in [6.07, 6.45) is 7.10. The molecule has 1 aliphatic carbocycles. The molecule has 0 aromatic carbocycles. The number of nitrogens with zero attached hydrogens (tertiary/aromatic N) is 1. The van der Waals surface area contributed by atoms with Crippen LogP contribution in [0.4, 0.5) is 0 Å². The third-order valence-electron chi connectivity index (χ3n) is 4.90. The van der Waals surface area contributed by atoms with Crippen LogP contribution in [0.3, 0.4) is 0 Å². The van der Waals surface area contributed by atoms with E-state index in [-0.39, 0.29) is 0 Å². The first-order valence-electron chi connectivity index (χ1n) is 7.57. The Morgan fingerprint density at radius 1 is 1.12 bits per heavy atom. The van der Waals surface area contributed by atoms with Crippen LogP contribution in [0, 0.1) is 17.8 Å². The smallest absolute Gasteiger partial charge is 0.00673 e. The molecule has 1 heterocycles. The van der Waals surface area contributed by atoms with Gasteiger partial charge < -0.3 is 10.2 Å². The van der Waals surface area contributed by atoms with Gasteiger partial charge in [-0.1, -0.05) is 13.8 Å². The zero-order valence-corrected chi connectivity index (χ0v) is 11.9. The van der Waals surface area contributed by atoms with Crippen molar-refractivity contribution >= 4 is 0 Å². The van der Waals surface area contributed by atoms with Gasteiger partial charge in [0.2, 0.25) is 0 Å². The van der Waals surface area contributed by atoms with Gasteiger partial charge in [-0.15, -0.1) is 0 Å². The van der Waals surface area contributed by atoms with Gasteiger partial charge in [0, 0.05) is 12.6 Å². The van der Waals surface area contributed by atoms with Crippen molar-refractivity contribution in [3.05, 3.63) is 0 Å². The summed E-state index contributed by atoms with van der Waals surface area (Å²) in [4.78, 5) is 2.46. The highest BCUT2D eigenvalue weighted by molar-refractivity contribution is 4.81. The van der Waals surface area contributed by atoms with E-state index in [1.807, 2.05) is 0 Å².